The number of nitrogens with one attached hydrogen (secondary N) is 1. The molecule has 3 amide bonds. The molecule has 0 saturated heterocycles. The van der Waals surface area contributed by atoms with Crippen molar-refractivity contribution >= 4 is 29.1 Å². The van der Waals surface area contributed by atoms with E-state index in [0.717, 1.165) is 11.0 Å². The van der Waals surface area contributed by atoms with Gasteiger partial charge in [-0.2, -0.15) is 0 Å². The van der Waals surface area contributed by atoms with Gasteiger partial charge in [-0.25, -0.2) is 0 Å². The van der Waals surface area contributed by atoms with Crippen molar-refractivity contribution in [3.05, 3.63) is 63.7 Å². The first kappa shape index (κ1) is 18.1. The first-order chi connectivity index (χ1) is 12.8. The van der Waals surface area contributed by atoms with Gasteiger partial charge in [-0.05, 0) is 25.1 Å². The topological polar surface area (TPSA) is 119 Å². The molecule has 0 bridgehead atoms. The highest BCUT2D eigenvalue weighted by Crippen LogP contribution is 2.30. The number of nitrogens with zero attached hydrogens (tertiary/aromatic N) is 2. The van der Waals surface area contributed by atoms with Crippen LogP contribution < -0.4 is 10.1 Å². The van der Waals surface area contributed by atoms with Gasteiger partial charge in [-0.3, -0.25) is 29.4 Å². The van der Waals surface area contributed by atoms with Crippen molar-refractivity contribution in [2.75, 3.05) is 12.4 Å². The van der Waals surface area contributed by atoms with Crippen molar-refractivity contribution in [2.45, 2.75) is 13.0 Å². The zero-order valence-corrected chi connectivity index (χ0v) is 14.5. The summed E-state index contributed by atoms with van der Waals surface area (Å²) < 4.78 is 5.09. The van der Waals surface area contributed by atoms with E-state index in [-0.39, 0.29) is 28.3 Å². The Morgan fingerprint density at radius 2 is 1.74 bits per heavy atom. The minimum absolute atomic E-state index is 0.0696. The number of rotatable bonds is 5. The number of nitro benzene ring substituents is 1. The summed E-state index contributed by atoms with van der Waals surface area (Å²) in [7, 11) is 1.35. The Bertz CT molecular complexity index is 936. The van der Waals surface area contributed by atoms with E-state index in [0.29, 0.717) is 0 Å². The van der Waals surface area contributed by atoms with Crippen LogP contribution in [0.4, 0.5) is 11.4 Å². The molecule has 0 radical (unpaired) electrons. The van der Waals surface area contributed by atoms with Gasteiger partial charge >= 0.3 is 0 Å². The standard InChI is InChI=1S/C18H15N3O6/c1-10(20-17(23)12-5-3-4-6-13(12)18(20)24)16(22)19-14-9-11(21(25)26)7-8-15(14)27-2/h3-10H,1-2H3,(H,19,22)/t10-/m1/s1. The molecule has 138 valence electrons. The fraction of sp³-hybridized carbons (Fsp3) is 0.167. The summed E-state index contributed by atoms with van der Waals surface area (Å²) in [5.74, 6) is -1.60. The van der Waals surface area contributed by atoms with Crippen LogP contribution in [0.15, 0.2) is 42.5 Å². The summed E-state index contributed by atoms with van der Waals surface area (Å²) in [6, 6.07) is 8.90. The van der Waals surface area contributed by atoms with Crippen LogP contribution in [-0.4, -0.2) is 40.7 Å². The molecule has 0 spiro atoms. The Morgan fingerprint density at radius 3 is 2.26 bits per heavy atom. The Morgan fingerprint density at radius 1 is 1.15 bits per heavy atom. The lowest BCUT2D eigenvalue weighted by molar-refractivity contribution is -0.384. The predicted octanol–water partition coefficient (Wildman–Crippen LogP) is 2.23. The van der Waals surface area contributed by atoms with Gasteiger partial charge in [0.25, 0.3) is 17.5 Å². The lowest BCUT2D eigenvalue weighted by Gasteiger charge is -2.22. The second kappa shape index (κ2) is 6.87. The molecule has 0 fully saturated rings. The summed E-state index contributed by atoms with van der Waals surface area (Å²) in [4.78, 5) is 48.8. The van der Waals surface area contributed by atoms with Gasteiger partial charge in [0.1, 0.15) is 11.8 Å². The van der Waals surface area contributed by atoms with Crippen LogP contribution in [-0.2, 0) is 4.79 Å². The number of hydrogen-bond donors (Lipinski definition) is 1. The van der Waals surface area contributed by atoms with E-state index < -0.39 is 28.7 Å². The molecule has 0 aliphatic carbocycles. The number of anilines is 1. The number of amides is 3. The van der Waals surface area contributed by atoms with E-state index >= 15 is 0 Å². The molecular formula is C18H15N3O6. The maximum Gasteiger partial charge on any atom is 0.271 e. The van der Waals surface area contributed by atoms with Gasteiger partial charge in [0.2, 0.25) is 5.91 Å². The Balaban J connectivity index is 1.85. The van der Waals surface area contributed by atoms with Crippen molar-refractivity contribution in [3.8, 4) is 5.75 Å². The second-order valence-electron chi connectivity index (χ2n) is 5.83. The monoisotopic (exact) mass is 369 g/mol. The summed E-state index contributed by atoms with van der Waals surface area (Å²) >= 11 is 0. The number of carbonyl (C=O) groups is 3. The fourth-order valence-electron chi connectivity index (χ4n) is 2.82. The van der Waals surface area contributed by atoms with Crippen LogP contribution in [0.25, 0.3) is 0 Å². The number of non-ortho nitro benzene ring substituents is 1. The van der Waals surface area contributed by atoms with Crippen LogP contribution in [0, 0.1) is 10.1 Å². The molecule has 0 saturated carbocycles. The third-order valence-electron chi connectivity index (χ3n) is 4.24. The Labute approximate surface area is 153 Å². The van der Waals surface area contributed by atoms with E-state index in [9.17, 15) is 24.5 Å². The molecule has 3 rings (SSSR count). The molecule has 1 N–H and O–H groups in total. The van der Waals surface area contributed by atoms with E-state index in [1.165, 1.54) is 38.3 Å². The summed E-state index contributed by atoms with van der Waals surface area (Å²) in [5, 5.41) is 13.4. The molecular weight excluding hydrogens is 354 g/mol. The first-order valence-corrected chi connectivity index (χ1v) is 7.95. The number of nitro groups is 1. The van der Waals surface area contributed by atoms with Gasteiger partial charge in [0.05, 0.1) is 28.8 Å². The number of imide groups is 1. The van der Waals surface area contributed by atoms with Crippen molar-refractivity contribution in [2.24, 2.45) is 0 Å². The number of ether oxygens (including phenoxy) is 1. The van der Waals surface area contributed by atoms with Gasteiger partial charge in [0.15, 0.2) is 0 Å². The van der Waals surface area contributed by atoms with Gasteiger partial charge in [0, 0.05) is 12.1 Å². The number of benzene rings is 2. The average molecular weight is 369 g/mol. The van der Waals surface area contributed by atoms with Crippen molar-refractivity contribution in [1.29, 1.82) is 0 Å². The van der Waals surface area contributed by atoms with Crippen LogP contribution >= 0.6 is 0 Å². The molecule has 0 aromatic heterocycles. The smallest absolute Gasteiger partial charge is 0.271 e. The van der Waals surface area contributed by atoms with E-state index in [1.807, 2.05) is 0 Å². The largest absolute Gasteiger partial charge is 0.495 e. The third kappa shape index (κ3) is 3.10. The SMILES string of the molecule is COc1ccc([N+](=O)[O-])cc1NC(=O)[C@@H](C)N1C(=O)c2ccccc2C1=O. The predicted molar refractivity (Wildman–Crippen MR) is 94.7 cm³/mol. The van der Waals surface area contributed by atoms with Crippen molar-refractivity contribution in [3.63, 3.8) is 0 Å². The van der Waals surface area contributed by atoms with Crippen molar-refractivity contribution < 1.29 is 24.0 Å². The van der Waals surface area contributed by atoms with Crippen LogP contribution in [0.2, 0.25) is 0 Å². The molecule has 2 aromatic carbocycles. The zero-order chi connectivity index (χ0) is 19.7. The fourth-order valence-corrected chi connectivity index (χ4v) is 2.82. The normalized spacial score (nSPS) is 13.9. The maximum atomic E-state index is 12.6. The highest BCUT2D eigenvalue weighted by Gasteiger charge is 2.40. The van der Waals surface area contributed by atoms with Crippen LogP contribution in [0.1, 0.15) is 27.6 Å². The van der Waals surface area contributed by atoms with Crippen LogP contribution in [0.5, 0.6) is 5.75 Å². The summed E-state index contributed by atoms with van der Waals surface area (Å²) in [5.41, 5.74) is 0.296. The van der Waals surface area contributed by atoms with E-state index in [2.05, 4.69) is 5.32 Å². The van der Waals surface area contributed by atoms with Gasteiger partial charge < -0.3 is 10.1 Å². The molecule has 27 heavy (non-hydrogen) atoms. The molecule has 9 heteroatoms. The Hall–Kier alpha value is -3.75. The molecule has 9 nitrogen and oxygen atoms in total. The van der Waals surface area contributed by atoms with Gasteiger partial charge in [-0.1, -0.05) is 12.1 Å². The average Bonchev–Trinajstić information content (AvgIpc) is 2.92. The number of hydrogen-bond acceptors (Lipinski definition) is 6. The number of fused-ring (bicyclic) bond motifs is 1. The number of methoxy groups -OCH3 is 1. The molecule has 2 aromatic rings. The molecule has 1 aliphatic heterocycles. The lowest BCUT2D eigenvalue weighted by atomic mass is 10.1. The highest BCUT2D eigenvalue weighted by molar-refractivity contribution is 6.23. The quantitative estimate of drug-likeness (QED) is 0.490. The minimum Gasteiger partial charge on any atom is -0.495 e. The molecule has 0 unspecified atom stereocenters. The van der Waals surface area contributed by atoms with Crippen LogP contribution in [0.3, 0.4) is 0 Å². The Kier molecular flexibility index (Phi) is 4.59. The molecule has 1 atom stereocenters. The highest BCUT2D eigenvalue weighted by atomic mass is 16.6. The molecule has 1 aliphatic rings. The maximum absolute atomic E-state index is 12.6. The van der Waals surface area contributed by atoms with Crippen molar-refractivity contribution in [1.82, 2.24) is 4.90 Å². The van der Waals surface area contributed by atoms with E-state index in [4.69, 9.17) is 4.74 Å². The molecule has 1 heterocycles. The first-order valence-electron chi connectivity index (χ1n) is 7.95. The number of carbonyl (C=O) groups excluding carboxylic acids is 3. The third-order valence-corrected chi connectivity index (χ3v) is 4.24. The summed E-state index contributed by atoms with van der Waals surface area (Å²) in [6.07, 6.45) is 0. The minimum atomic E-state index is -1.12. The summed E-state index contributed by atoms with van der Waals surface area (Å²) in [6.45, 7) is 1.40. The second-order valence-corrected chi connectivity index (χ2v) is 5.83. The lowest BCUT2D eigenvalue weighted by Crippen LogP contribution is -2.45. The van der Waals surface area contributed by atoms with E-state index in [1.54, 1.807) is 12.1 Å². The zero-order valence-electron chi connectivity index (χ0n) is 14.5. The van der Waals surface area contributed by atoms with Gasteiger partial charge in [-0.15, -0.1) is 0 Å².